The first-order valence-electron chi connectivity index (χ1n) is 7.79. The van der Waals surface area contributed by atoms with E-state index in [1.54, 1.807) is 30.0 Å². The molecule has 23 heavy (non-hydrogen) atoms. The van der Waals surface area contributed by atoms with Crippen molar-refractivity contribution in [2.45, 2.75) is 39.2 Å². The summed E-state index contributed by atoms with van der Waals surface area (Å²) in [5.74, 6) is 0.0700. The first kappa shape index (κ1) is 18.1. The Kier molecular flexibility index (Phi) is 6.31. The van der Waals surface area contributed by atoms with Crippen LogP contribution in [-0.2, 0) is 20.7 Å². The number of nitrogens with zero attached hydrogens (tertiary/aromatic N) is 1. The van der Waals surface area contributed by atoms with E-state index in [2.05, 4.69) is 6.92 Å². The molecule has 0 spiro atoms. The van der Waals surface area contributed by atoms with E-state index >= 15 is 0 Å². The Morgan fingerprint density at radius 3 is 2.52 bits per heavy atom. The van der Waals surface area contributed by atoms with Gasteiger partial charge < -0.3 is 9.64 Å². The average molecular weight is 358 g/mol. The summed E-state index contributed by atoms with van der Waals surface area (Å²) in [5, 5.41) is 0.829. The fraction of sp³-hybridized carbons (Fsp3) is 0.529. The molecule has 1 amide bonds. The molecular weight excluding hydrogens is 337 g/mol. The molecule has 1 saturated heterocycles. The zero-order chi connectivity index (χ0) is 17.0. The van der Waals surface area contributed by atoms with Gasteiger partial charge in [0.05, 0.1) is 16.5 Å². The number of rotatable bonds is 4. The normalized spacial score (nSPS) is 17.0. The lowest BCUT2D eigenvalue weighted by atomic mass is 9.99. The number of hydrogen-bond acceptors (Lipinski definition) is 3. The van der Waals surface area contributed by atoms with Crippen LogP contribution in [0.1, 0.15) is 32.3 Å². The molecule has 6 heteroatoms. The van der Waals surface area contributed by atoms with Crippen molar-refractivity contribution >= 4 is 35.1 Å². The van der Waals surface area contributed by atoms with E-state index in [0.29, 0.717) is 21.5 Å². The van der Waals surface area contributed by atoms with E-state index in [1.807, 2.05) is 0 Å². The van der Waals surface area contributed by atoms with Crippen molar-refractivity contribution in [3.63, 3.8) is 0 Å². The summed E-state index contributed by atoms with van der Waals surface area (Å²) < 4.78 is 5.26. The molecular formula is C17H21Cl2NO3. The number of ether oxygens (including phenoxy) is 1. The molecule has 0 aliphatic carbocycles. The monoisotopic (exact) mass is 357 g/mol. The number of carbonyl (C=O) groups excluding carboxylic acids is 2. The van der Waals surface area contributed by atoms with Crippen molar-refractivity contribution in [2.75, 3.05) is 13.1 Å². The molecule has 0 N–H and O–H groups in total. The van der Waals surface area contributed by atoms with Crippen LogP contribution in [-0.4, -0.2) is 36.0 Å². The highest BCUT2D eigenvalue weighted by Crippen LogP contribution is 2.23. The molecule has 0 aromatic heterocycles. The van der Waals surface area contributed by atoms with Crippen molar-refractivity contribution in [3.05, 3.63) is 33.8 Å². The number of esters is 1. The van der Waals surface area contributed by atoms with E-state index in [-0.39, 0.29) is 12.3 Å². The topological polar surface area (TPSA) is 46.6 Å². The van der Waals surface area contributed by atoms with Crippen LogP contribution in [0.15, 0.2) is 18.2 Å². The minimum atomic E-state index is -0.765. The Hall–Kier alpha value is -1.26. The van der Waals surface area contributed by atoms with E-state index in [4.69, 9.17) is 27.9 Å². The second-order valence-electron chi connectivity index (χ2n) is 6.07. The predicted molar refractivity (Wildman–Crippen MR) is 90.7 cm³/mol. The lowest BCUT2D eigenvalue weighted by Gasteiger charge is -2.31. The Morgan fingerprint density at radius 1 is 1.26 bits per heavy atom. The standard InChI is InChI=1S/C17H21Cl2NO3/c1-11-5-7-20(8-6-11)17(22)12(2)23-16(21)10-13-3-4-14(18)15(19)9-13/h3-4,9,11-12H,5-8,10H2,1-2H3. The second kappa shape index (κ2) is 8.02. The zero-order valence-corrected chi connectivity index (χ0v) is 14.9. The van der Waals surface area contributed by atoms with Gasteiger partial charge in [-0.3, -0.25) is 9.59 Å². The summed E-state index contributed by atoms with van der Waals surface area (Å²) in [4.78, 5) is 26.1. The van der Waals surface area contributed by atoms with Gasteiger partial charge in [-0.15, -0.1) is 0 Å². The van der Waals surface area contributed by atoms with Crippen LogP contribution in [0.25, 0.3) is 0 Å². The maximum Gasteiger partial charge on any atom is 0.311 e. The van der Waals surface area contributed by atoms with Crippen molar-refractivity contribution in [3.8, 4) is 0 Å². The van der Waals surface area contributed by atoms with Crippen LogP contribution in [0.5, 0.6) is 0 Å². The van der Waals surface area contributed by atoms with Crippen LogP contribution in [0, 0.1) is 5.92 Å². The molecule has 1 heterocycles. The maximum absolute atomic E-state index is 12.3. The molecule has 1 aromatic carbocycles. The SMILES string of the molecule is CC1CCN(C(=O)C(C)OC(=O)Cc2ccc(Cl)c(Cl)c2)CC1. The van der Waals surface area contributed by atoms with Crippen LogP contribution in [0.4, 0.5) is 0 Å². The van der Waals surface area contributed by atoms with Crippen molar-refractivity contribution in [1.82, 2.24) is 4.90 Å². The van der Waals surface area contributed by atoms with Gasteiger partial charge in [0.25, 0.3) is 5.91 Å². The Balaban J connectivity index is 1.86. The summed E-state index contributed by atoms with van der Waals surface area (Å²) in [6.07, 6.45) is 1.29. The molecule has 0 bridgehead atoms. The summed E-state index contributed by atoms with van der Waals surface area (Å²) >= 11 is 11.8. The van der Waals surface area contributed by atoms with E-state index in [9.17, 15) is 9.59 Å². The van der Waals surface area contributed by atoms with Crippen molar-refractivity contribution in [1.29, 1.82) is 0 Å². The predicted octanol–water partition coefficient (Wildman–Crippen LogP) is 3.73. The fourth-order valence-corrected chi connectivity index (χ4v) is 2.91. The van der Waals surface area contributed by atoms with E-state index < -0.39 is 12.1 Å². The molecule has 1 unspecified atom stereocenters. The van der Waals surface area contributed by atoms with Gasteiger partial charge in [-0.25, -0.2) is 0 Å². The Bertz CT molecular complexity index is 583. The van der Waals surface area contributed by atoms with Gasteiger partial charge in [-0.05, 0) is 43.4 Å². The smallest absolute Gasteiger partial charge is 0.311 e. The number of halogens is 2. The minimum absolute atomic E-state index is 0.0611. The number of likely N-dealkylation sites (tertiary alicyclic amines) is 1. The third kappa shape index (κ3) is 5.11. The van der Waals surface area contributed by atoms with Crippen molar-refractivity contribution in [2.24, 2.45) is 5.92 Å². The van der Waals surface area contributed by atoms with Gasteiger partial charge in [0, 0.05) is 13.1 Å². The molecule has 1 aliphatic rings. The number of amides is 1. The third-order valence-electron chi connectivity index (χ3n) is 4.08. The van der Waals surface area contributed by atoms with Crippen LogP contribution >= 0.6 is 23.2 Å². The molecule has 4 nitrogen and oxygen atoms in total. The van der Waals surface area contributed by atoms with Crippen LogP contribution in [0.2, 0.25) is 10.0 Å². The number of benzene rings is 1. The fourth-order valence-electron chi connectivity index (χ4n) is 2.59. The highest BCUT2D eigenvalue weighted by atomic mass is 35.5. The number of hydrogen-bond donors (Lipinski definition) is 0. The first-order valence-corrected chi connectivity index (χ1v) is 8.54. The van der Waals surface area contributed by atoms with Gasteiger partial charge in [-0.2, -0.15) is 0 Å². The largest absolute Gasteiger partial charge is 0.452 e. The molecule has 1 aromatic rings. The first-order chi connectivity index (χ1) is 10.9. The minimum Gasteiger partial charge on any atom is -0.452 e. The summed E-state index contributed by atoms with van der Waals surface area (Å²) in [6, 6.07) is 4.98. The Morgan fingerprint density at radius 2 is 1.91 bits per heavy atom. The van der Waals surface area contributed by atoms with Crippen LogP contribution < -0.4 is 0 Å². The van der Waals surface area contributed by atoms with Crippen LogP contribution in [0.3, 0.4) is 0 Å². The second-order valence-corrected chi connectivity index (χ2v) is 6.88. The quantitative estimate of drug-likeness (QED) is 0.771. The lowest BCUT2D eigenvalue weighted by molar-refractivity contribution is -0.159. The van der Waals surface area contributed by atoms with E-state index in [0.717, 1.165) is 25.9 Å². The summed E-state index contributed by atoms with van der Waals surface area (Å²) in [7, 11) is 0. The molecule has 1 atom stereocenters. The summed E-state index contributed by atoms with van der Waals surface area (Å²) in [5.41, 5.74) is 0.704. The van der Waals surface area contributed by atoms with Gasteiger partial charge >= 0.3 is 5.97 Å². The number of carbonyl (C=O) groups is 2. The molecule has 0 saturated carbocycles. The van der Waals surface area contributed by atoms with E-state index in [1.165, 1.54) is 0 Å². The van der Waals surface area contributed by atoms with Gasteiger partial charge in [0.1, 0.15) is 0 Å². The maximum atomic E-state index is 12.3. The third-order valence-corrected chi connectivity index (χ3v) is 4.82. The molecule has 2 rings (SSSR count). The van der Waals surface area contributed by atoms with Gasteiger partial charge in [0.2, 0.25) is 0 Å². The average Bonchev–Trinajstić information content (AvgIpc) is 2.51. The summed E-state index contributed by atoms with van der Waals surface area (Å²) in [6.45, 7) is 5.26. The molecule has 1 fully saturated rings. The Labute approximate surface area is 146 Å². The van der Waals surface area contributed by atoms with Gasteiger partial charge in [0.15, 0.2) is 6.10 Å². The lowest BCUT2D eigenvalue weighted by Crippen LogP contribution is -2.44. The molecule has 1 aliphatic heterocycles. The highest BCUT2D eigenvalue weighted by Gasteiger charge is 2.26. The van der Waals surface area contributed by atoms with Gasteiger partial charge in [-0.1, -0.05) is 36.2 Å². The highest BCUT2D eigenvalue weighted by molar-refractivity contribution is 6.42. The molecule has 126 valence electrons. The van der Waals surface area contributed by atoms with Crippen molar-refractivity contribution < 1.29 is 14.3 Å². The molecule has 0 radical (unpaired) electrons. The number of piperidine rings is 1. The zero-order valence-electron chi connectivity index (χ0n) is 13.4.